The van der Waals surface area contributed by atoms with Crippen molar-refractivity contribution in [3.8, 4) is 11.5 Å². The van der Waals surface area contributed by atoms with E-state index in [9.17, 15) is 9.59 Å². The van der Waals surface area contributed by atoms with Gasteiger partial charge in [0.2, 0.25) is 11.8 Å². The number of carbonyl (C=O) groups excluding carboxylic acids is 1. The van der Waals surface area contributed by atoms with Crippen LogP contribution in [0.15, 0.2) is 39.5 Å². The number of hydrogen-bond acceptors (Lipinski definition) is 5. The number of amides is 1. The molecule has 1 amide bonds. The van der Waals surface area contributed by atoms with E-state index in [2.05, 4.69) is 21.8 Å². The summed E-state index contributed by atoms with van der Waals surface area (Å²) < 4.78 is 6.67. The molecule has 2 fully saturated rings. The molecule has 0 aliphatic carbocycles. The van der Waals surface area contributed by atoms with Crippen molar-refractivity contribution in [3.05, 3.63) is 40.9 Å². The molecule has 1 atom stereocenters. The first-order valence-electron chi connectivity index (χ1n) is 10.2. The number of hydrogen-bond donors (Lipinski definition) is 0. The van der Waals surface area contributed by atoms with Gasteiger partial charge in [0.05, 0.1) is 0 Å². The lowest BCUT2D eigenvalue weighted by Crippen LogP contribution is -2.46. The minimum Gasteiger partial charge on any atom is -0.388 e. The maximum atomic E-state index is 12.8. The van der Waals surface area contributed by atoms with Gasteiger partial charge in [0.15, 0.2) is 0 Å². The van der Waals surface area contributed by atoms with Gasteiger partial charge in [0, 0.05) is 37.7 Å². The van der Waals surface area contributed by atoms with Crippen LogP contribution in [0.3, 0.4) is 0 Å². The molecule has 0 saturated carbocycles. The summed E-state index contributed by atoms with van der Waals surface area (Å²) in [5, 5.41) is 4.33. The van der Waals surface area contributed by atoms with E-state index in [1.807, 2.05) is 30.3 Å². The fourth-order valence-corrected chi connectivity index (χ4v) is 4.25. The van der Waals surface area contributed by atoms with Crippen molar-refractivity contribution in [1.82, 2.24) is 19.6 Å². The zero-order chi connectivity index (χ0) is 19.5. The molecule has 0 spiro atoms. The van der Waals surface area contributed by atoms with E-state index in [1.165, 1.54) is 11.1 Å². The first-order chi connectivity index (χ1) is 13.6. The van der Waals surface area contributed by atoms with Crippen molar-refractivity contribution in [2.45, 2.75) is 39.3 Å². The molecule has 1 aromatic heterocycles. The Kier molecular flexibility index (Phi) is 5.62. The quantitative estimate of drug-likeness (QED) is 0.810. The van der Waals surface area contributed by atoms with Crippen molar-refractivity contribution in [1.29, 1.82) is 0 Å². The Morgan fingerprint density at radius 2 is 1.89 bits per heavy atom. The molecule has 28 heavy (non-hydrogen) atoms. The molecule has 7 heteroatoms. The Morgan fingerprint density at radius 3 is 2.61 bits per heavy atom. The Hall–Kier alpha value is -2.41. The topological polar surface area (TPSA) is 71.6 Å². The van der Waals surface area contributed by atoms with Gasteiger partial charge in [0.25, 0.3) is 0 Å². The second kappa shape index (κ2) is 8.31. The average Bonchev–Trinajstić information content (AvgIpc) is 3.09. The van der Waals surface area contributed by atoms with Gasteiger partial charge >= 0.3 is 5.76 Å². The fourth-order valence-electron chi connectivity index (χ4n) is 4.25. The van der Waals surface area contributed by atoms with Gasteiger partial charge in [-0.3, -0.25) is 9.69 Å². The number of nitrogens with zero attached hydrogens (tertiary/aromatic N) is 4. The van der Waals surface area contributed by atoms with Crippen LogP contribution in [0, 0.1) is 11.8 Å². The summed E-state index contributed by atoms with van der Waals surface area (Å²) in [6.07, 6.45) is 4.01. The molecule has 4 rings (SSSR count). The van der Waals surface area contributed by atoms with E-state index in [1.54, 1.807) is 0 Å². The zero-order valence-corrected chi connectivity index (χ0v) is 16.4. The first kappa shape index (κ1) is 18.9. The lowest BCUT2D eigenvalue weighted by molar-refractivity contribution is -0.139. The van der Waals surface area contributed by atoms with Gasteiger partial charge in [-0.2, -0.15) is 4.68 Å². The molecule has 2 aliphatic rings. The Balaban J connectivity index is 1.33. The van der Waals surface area contributed by atoms with Crippen LogP contribution in [0.5, 0.6) is 0 Å². The van der Waals surface area contributed by atoms with E-state index in [0.29, 0.717) is 24.4 Å². The van der Waals surface area contributed by atoms with Gasteiger partial charge in [-0.1, -0.05) is 25.1 Å². The largest absolute Gasteiger partial charge is 0.438 e. The predicted octanol–water partition coefficient (Wildman–Crippen LogP) is 2.43. The van der Waals surface area contributed by atoms with Crippen molar-refractivity contribution in [3.63, 3.8) is 0 Å². The molecular formula is C21H28N4O3. The van der Waals surface area contributed by atoms with Gasteiger partial charge in [-0.25, -0.2) is 4.79 Å². The standard InChI is InChI=1S/C21H28N4O3/c1-16-6-5-11-24(14-16)20(26)18-9-12-23(13-10-18)15-25-21(27)28-19(22-25)17-7-3-2-4-8-17/h2-4,7-8,16,18H,5-6,9-15H2,1H3. The number of benzene rings is 1. The highest BCUT2D eigenvalue weighted by Crippen LogP contribution is 2.24. The van der Waals surface area contributed by atoms with Gasteiger partial charge in [-0.05, 0) is 43.7 Å². The van der Waals surface area contributed by atoms with Crippen molar-refractivity contribution in [2.75, 3.05) is 26.2 Å². The lowest BCUT2D eigenvalue weighted by atomic mass is 9.93. The molecule has 1 unspecified atom stereocenters. The average molecular weight is 384 g/mol. The number of piperidine rings is 2. The summed E-state index contributed by atoms with van der Waals surface area (Å²) in [5.41, 5.74) is 0.790. The molecular weight excluding hydrogens is 356 g/mol. The van der Waals surface area contributed by atoms with Crippen LogP contribution in [-0.2, 0) is 11.5 Å². The molecule has 0 radical (unpaired) electrons. The third kappa shape index (κ3) is 4.19. The summed E-state index contributed by atoms with van der Waals surface area (Å²) in [4.78, 5) is 29.2. The Labute approximate surface area is 164 Å². The number of likely N-dealkylation sites (tertiary alicyclic amines) is 2. The SMILES string of the molecule is CC1CCCN(C(=O)C2CCN(Cn3nc(-c4ccccc4)oc3=O)CC2)C1. The van der Waals surface area contributed by atoms with Crippen LogP contribution < -0.4 is 5.76 Å². The molecule has 7 nitrogen and oxygen atoms in total. The Morgan fingerprint density at radius 1 is 1.14 bits per heavy atom. The van der Waals surface area contributed by atoms with Crippen LogP contribution in [0.4, 0.5) is 0 Å². The third-order valence-corrected chi connectivity index (χ3v) is 5.87. The third-order valence-electron chi connectivity index (χ3n) is 5.87. The van der Waals surface area contributed by atoms with E-state index in [-0.39, 0.29) is 5.92 Å². The molecule has 2 aliphatic heterocycles. The van der Waals surface area contributed by atoms with E-state index in [4.69, 9.17) is 4.42 Å². The van der Waals surface area contributed by atoms with E-state index < -0.39 is 5.76 Å². The number of carbonyl (C=O) groups is 1. The zero-order valence-electron chi connectivity index (χ0n) is 16.4. The Bertz CT molecular complexity index is 852. The number of rotatable bonds is 4. The van der Waals surface area contributed by atoms with Crippen LogP contribution >= 0.6 is 0 Å². The highest BCUT2D eigenvalue weighted by molar-refractivity contribution is 5.79. The highest BCUT2D eigenvalue weighted by atomic mass is 16.4. The summed E-state index contributed by atoms with van der Waals surface area (Å²) in [6, 6.07) is 9.43. The normalized spacial score (nSPS) is 21.8. The minimum absolute atomic E-state index is 0.107. The van der Waals surface area contributed by atoms with E-state index >= 15 is 0 Å². The van der Waals surface area contributed by atoms with Crippen LogP contribution in [-0.4, -0.2) is 51.7 Å². The van der Waals surface area contributed by atoms with Crippen molar-refractivity contribution >= 4 is 5.91 Å². The minimum atomic E-state index is -0.445. The molecule has 0 bridgehead atoms. The van der Waals surface area contributed by atoms with Gasteiger partial charge in [-0.15, -0.1) is 5.10 Å². The van der Waals surface area contributed by atoms with Crippen molar-refractivity contribution < 1.29 is 9.21 Å². The van der Waals surface area contributed by atoms with Gasteiger partial charge < -0.3 is 9.32 Å². The van der Waals surface area contributed by atoms with Gasteiger partial charge in [0.1, 0.15) is 6.67 Å². The predicted molar refractivity (Wildman–Crippen MR) is 105 cm³/mol. The molecule has 3 heterocycles. The fraction of sp³-hybridized carbons (Fsp3) is 0.571. The monoisotopic (exact) mass is 384 g/mol. The van der Waals surface area contributed by atoms with Crippen LogP contribution in [0.25, 0.3) is 11.5 Å². The molecule has 1 aromatic carbocycles. The van der Waals surface area contributed by atoms with Crippen LogP contribution in [0.2, 0.25) is 0 Å². The van der Waals surface area contributed by atoms with Crippen molar-refractivity contribution in [2.24, 2.45) is 11.8 Å². The summed E-state index contributed by atoms with van der Waals surface area (Å²) in [5.74, 6) is 0.927. The second-order valence-corrected chi connectivity index (χ2v) is 8.10. The lowest BCUT2D eigenvalue weighted by Gasteiger charge is -2.36. The maximum Gasteiger partial charge on any atom is 0.438 e. The second-order valence-electron chi connectivity index (χ2n) is 8.10. The first-order valence-corrected chi connectivity index (χ1v) is 10.2. The summed E-state index contributed by atoms with van der Waals surface area (Å²) in [6.45, 7) is 6.01. The van der Waals surface area contributed by atoms with Crippen LogP contribution in [0.1, 0.15) is 32.6 Å². The maximum absolute atomic E-state index is 12.8. The highest BCUT2D eigenvalue weighted by Gasteiger charge is 2.30. The molecule has 2 saturated heterocycles. The summed E-state index contributed by atoms with van der Waals surface area (Å²) in [7, 11) is 0. The molecule has 0 N–H and O–H groups in total. The van der Waals surface area contributed by atoms with E-state index in [0.717, 1.165) is 51.0 Å². The molecule has 150 valence electrons. The summed E-state index contributed by atoms with van der Waals surface area (Å²) >= 11 is 0. The smallest absolute Gasteiger partial charge is 0.388 e. The molecule has 2 aromatic rings. The number of aromatic nitrogens is 2.